The van der Waals surface area contributed by atoms with Gasteiger partial charge in [-0.1, -0.05) is 126 Å². The first kappa shape index (κ1) is 35.2. The summed E-state index contributed by atoms with van der Waals surface area (Å²) in [6.45, 7) is 4.34. The molecule has 0 fully saturated rings. The van der Waals surface area contributed by atoms with Crippen LogP contribution >= 0.6 is 0 Å². The lowest BCUT2D eigenvalue weighted by Gasteiger charge is -2.45. The van der Waals surface area contributed by atoms with E-state index in [-0.39, 0.29) is 6.71 Å². The van der Waals surface area contributed by atoms with Crippen molar-refractivity contribution in [1.29, 1.82) is 0 Å². The largest absolute Gasteiger partial charge is 0.311 e. The van der Waals surface area contributed by atoms with Gasteiger partial charge in [-0.2, -0.15) is 0 Å². The number of para-hydroxylation sites is 5. The number of aryl methyl sites for hydroxylation is 2. The fourth-order valence-corrected chi connectivity index (χ4v) is 10.00. The highest BCUT2D eigenvalue weighted by molar-refractivity contribution is 7.00. The standard InChI is InChI=1S/C56H41BN4/c1-38-26-29-43(30-27-38)60-52-32-28-39(2)34-48(52)57-49-35-44(58(40-16-6-3-7-17-40)41-18-8-4-9-19-41)31-33-53(49)59(42-20-10-5-11-21-42)54-36-45(37-55(60)56(54)57)61-50-24-14-12-22-46(50)47-23-13-15-25-51(47)61/h3-37H,1-2H3. The maximum absolute atomic E-state index is 2.51. The number of hydrogen-bond donors (Lipinski definition) is 0. The van der Waals surface area contributed by atoms with Crippen molar-refractivity contribution in [1.82, 2.24) is 4.57 Å². The molecule has 0 N–H and O–H groups in total. The second-order valence-corrected chi connectivity index (χ2v) is 16.4. The van der Waals surface area contributed by atoms with E-state index in [9.17, 15) is 0 Å². The van der Waals surface area contributed by atoms with E-state index in [1.54, 1.807) is 0 Å². The van der Waals surface area contributed by atoms with Crippen molar-refractivity contribution in [2.45, 2.75) is 13.8 Å². The molecule has 288 valence electrons. The lowest BCUT2D eigenvalue weighted by atomic mass is 9.33. The zero-order valence-corrected chi connectivity index (χ0v) is 34.1. The van der Waals surface area contributed by atoms with Gasteiger partial charge in [-0.15, -0.1) is 0 Å². The Hall–Kier alpha value is -7.76. The van der Waals surface area contributed by atoms with Crippen LogP contribution in [0.5, 0.6) is 0 Å². The molecule has 0 unspecified atom stereocenters. The summed E-state index contributed by atoms with van der Waals surface area (Å²) in [5, 5.41) is 2.50. The minimum absolute atomic E-state index is 0.0443. The Morgan fingerprint density at radius 2 is 0.836 bits per heavy atom. The minimum atomic E-state index is -0.0443. The van der Waals surface area contributed by atoms with E-state index < -0.39 is 0 Å². The molecule has 10 aromatic rings. The molecule has 1 aromatic heterocycles. The molecule has 5 heteroatoms. The Kier molecular flexibility index (Phi) is 8.04. The summed E-state index contributed by atoms with van der Waals surface area (Å²) < 4.78 is 2.47. The highest BCUT2D eigenvalue weighted by atomic mass is 15.2. The van der Waals surface area contributed by atoms with Gasteiger partial charge >= 0.3 is 0 Å². The molecule has 0 aliphatic carbocycles. The summed E-state index contributed by atoms with van der Waals surface area (Å²) in [5.74, 6) is 0. The average Bonchev–Trinajstić information content (AvgIpc) is 3.65. The summed E-state index contributed by atoms with van der Waals surface area (Å²) in [7, 11) is 0. The first-order chi connectivity index (χ1) is 30.1. The molecule has 0 radical (unpaired) electrons. The maximum atomic E-state index is 2.51. The quantitative estimate of drug-likeness (QED) is 0.156. The highest BCUT2D eigenvalue weighted by Gasteiger charge is 2.44. The number of fused-ring (bicyclic) bond motifs is 7. The molecule has 2 aliphatic heterocycles. The van der Waals surface area contributed by atoms with Crippen LogP contribution in [0.4, 0.5) is 51.2 Å². The molecule has 0 saturated heterocycles. The fraction of sp³-hybridized carbons (Fsp3) is 0.0357. The Labute approximate surface area is 356 Å². The van der Waals surface area contributed by atoms with Crippen LogP contribution in [0.25, 0.3) is 27.5 Å². The number of nitrogens with zero attached hydrogens (tertiary/aromatic N) is 4. The molecule has 0 amide bonds. The zero-order chi connectivity index (χ0) is 40.6. The molecule has 4 nitrogen and oxygen atoms in total. The molecule has 2 aliphatic rings. The van der Waals surface area contributed by atoms with E-state index in [4.69, 9.17) is 0 Å². The van der Waals surface area contributed by atoms with Gasteiger partial charge in [-0.3, -0.25) is 0 Å². The van der Waals surface area contributed by atoms with Crippen LogP contribution in [-0.2, 0) is 0 Å². The van der Waals surface area contributed by atoms with Crippen molar-refractivity contribution in [2.75, 3.05) is 14.7 Å². The van der Waals surface area contributed by atoms with Crippen molar-refractivity contribution in [3.05, 3.63) is 223 Å². The van der Waals surface area contributed by atoms with E-state index in [2.05, 4.69) is 245 Å². The predicted molar refractivity (Wildman–Crippen MR) is 259 cm³/mol. The van der Waals surface area contributed by atoms with E-state index in [0.29, 0.717) is 0 Å². The molecule has 3 heterocycles. The fourth-order valence-electron chi connectivity index (χ4n) is 10.00. The van der Waals surface area contributed by atoms with Crippen LogP contribution in [0.1, 0.15) is 11.1 Å². The second kappa shape index (κ2) is 13.9. The third-order valence-corrected chi connectivity index (χ3v) is 12.6. The molecule has 0 atom stereocenters. The monoisotopic (exact) mass is 780 g/mol. The number of hydrogen-bond acceptors (Lipinski definition) is 3. The number of anilines is 9. The van der Waals surface area contributed by atoms with Gasteiger partial charge in [-0.25, -0.2) is 0 Å². The van der Waals surface area contributed by atoms with E-state index in [1.807, 2.05) is 0 Å². The molecule has 0 bridgehead atoms. The normalized spacial score (nSPS) is 12.7. The van der Waals surface area contributed by atoms with Gasteiger partial charge in [0.2, 0.25) is 0 Å². The van der Waals surface area contributed by atoms with Crippen LogP contribution in [0.3, 0.4) is 0 Å². The summed E-state index contributed by atoms with van der Waals surface area (Å²) in [6, 6.07) is 78.1. The summed E-state index contributed by atoms with van der Waals surface area (Å²) in [5.41, 5.74) is 20.2. The van der Waals surface area contributed by atoms with Gasteiger partial charge in [0.05, 0.1) is 16.7 Å². The van der Waals surface area contributed by atoms with E-state index >= 15 is 0 Å². The Morgan fingerprint density at radius 3 is 1.43 bits per heavy atom. The number of aromatic nitrogens is 1. The third-order valence-electron chi connectivity index (χ3n) is 12.6. The van der Waals surface area contributed by atoms with Crippen molar-refractivity contribution < 1.29 is 0 Å². The van der Waals surface area contributed by atoms with Crippen molar-refractivity contribution in [2.24, 2.45) is 0 Å². The summed E-state index contributed by atoms with van der Waals surface area (Å²) in [6.07, 6.45) is 0. The number of rotatable bonds is 6. The van der Waals surface area contributed by atoms with Crippen LogP contribution in [0, 0.1) is 13.8 Å². The Bertz CT molecular complexity index is 3190. The van der Waals surface area contributed by atoms with Gasteiger partial charge < -0.3 is 19.3 Å². The third kappa shape index (κ3) is 5.54. The molecular weight excluding hydrogens is 739 g/mol. The van der Waals surface area contributed by atoms with Gasteiger partial charge in [0.15, 0.2) is 0 Å². The van der Waals surface area contributed by atoms with Crippen molar-refractivity contribution in [3.8, 4) is 5.69 Å². The molecular formula is C56H41BN4. The second-order valence-electron chi connectivity index (χ2n) is 16.4. The lowest BCUT2D eigenvalue weighted by Crippen LogP contribution is -2.61. The highest BCUT2D eigenvalue weighted by Crippen LogP contribution is 2.47. The molecule has 12 rings (SSSR count). The molecule has 61 heavy (non-hydrogen) atoms. The maximum Gasteiger partial charge on any atom is 0.252 e. The minimum Gasteiger partial charge on any atom is -0.311 e. The van der Waals surface area contributed by atoms with Gasteiger partial charge in [0.1, 0.15) is 0 Å². The Balaban J connectivity index is 1.20. The van der Waals surface area contributed by atoms with E-state index in [1.165, 1.54) is 72.1 Å². The SMILES string of the molecule is Cc1ccc(N2c3ccc(C)cc3B3c4cc(N(c5ccccc5)c5ccccc5)ccc4N(c4ccccc4)c4cc(-n5c6ccccc6c6ccccc65)cc2c43)cc1. The van der Waals surface area contributed by atoms with Crippen LogP contribution in [0.2, 0.25) is 0 Å². The summed E-state index contributed by atoms with van der Waals surface area (Å²) in [4.78, 5) is 7.40. The predicted octanol–water partition coefficient (Wildman–Crippen LogP) is 13.0. The van der Waals surface area contributed by atoms with Crippen molar-refractivity contribution >= 4 is 96.1 Å². The van der Waals surface area contributed by atoms with Crippen LogP contribution in [-0.4, -0.2) is 11.3 Å². The molecule has 0 saturated carbocycles. The zero-order valence-electron chi connectivity index (χ0n) is 34.1. The van der Waals surface area contributed by atoms with Gasteiger partial charge in [-0.05, 0) is 127 Å². The summed E-state index contributed by atoms with van der Waals surface area (Å²) >= 11 is 0. The molecule has 0 spiro atoms. The topological polar surface area (TPSA) is 14.7 Å². The molecule has 9 aromatic carbocycles. The van der Waals surface area contributed by atoms with Crippen molar-refractivity contribution in [3.63, 3.8) is 0 Å². The van der Waals surface area contributed by atoms with Gasteiger partial charge in [0, 0.05) is 62.0 Å². The van der Waals surface area contributed by atoms with Crippen LogP contribution < -0.4 is 31.1 Å². The first-order valence-electron chi connectivity index (χ1n) is 21.1. The first-order valence-corrected chi connectivity index (χ1v) is 21.1. The van der Waals surface area contributed by atoms with E-state index in [0.717, 1.165) is 34.1 Å². The average molecular weight is 781 g/mol. The Morgan fingerprint density at radius 1 is 0.361 bits per heavy atom. The number of benzene rings is 9. The van der Waals surface area contributed by atoms with Gasteiger partial charge in [0.25, 0.3) is 6.71 Å². The van der Waals surface area contributed by atoms with Crippen LogP contribution in [0.15, 0.2) is 212 Å². The lowest BCUT2D eigenvalue weighted by molar-refractivity contribution is 1.16. The smallest absolute Gasteiger partial charge is 0.252 e.